The van der Waals surface area contributed by atoms with Gasteiger partial charge < -0.3 is 19.6 Å². The molecule has 2 aliphatic rings. The number of methoxy groups -OCH3 is 1. The molecule has 2 aromatic rings. The molecular weight excluding hydrogens is 399 g/mol. The Kier molecular flexibility index (Phi) is 6.04. The van der Waals surface area contributed by atoms with Gasteiger partial charge in [0.05, 0.1) is 18.7 Å². The number of rotatable bonds is 6. The molecule has 2 fully saturated rings. The third kappa shape index (κ3) is 4.05. The fraction of sp³-hybridized carbons (Fsp3) is 0.333. The highest BCUT2D eigenvalue weighted by molar-refractivity contribution is 6.46. The Bertz CT molecular complexity index is 1010. The summed E-state index contributed by atoms with van der Waals surface area (Å²) in [5, 5.41) is 11.0. The fourth-order valence-corrected chi connectivity index (χ4v) is 4.29. The number of hydrogen-bond acceptors (Lipinski definition) is 5. The lowest BCUT2D eigenvalue weighted by atomic mass is 9.95. The van der Waals surface area contributed by atoms with E-state index in [9.17, 15) is 19.1 Å². The van der Waals surface area contributed by atoms with Crippen LogP contribution in [0, 0.1) is 5.82 Å². The Morgan fingerprint density at radius 3 is 2.39 bits per heavy atom. The Labute approximate surface area is 180 Å². The lowest BCUT2D eigenvalue weighted by Gasteiger charge is -2.27. The second-order valence-corrected chi connectivity index (χ2v) is 7.79. The maximum Gasteiger partial charge on any atom is 0.295 e. The summed E-state index contributed by atoms with van der Waals surface area (Å²) in [5.41, 5.74) is 0.458. The molecule has 1 N–H and O–H groups in total. The van der Waals surface area contributed by atoms with Crippen LogP contribution in [0.4, 0.5) is 4.39 Å². The van der Waals surface area contributed by atoms with Gasteiger partial charge in [-0.15, -0.1) is 0 Å². The molecule has 2 heterocycles. The van der Waals surface area contributed by atoms with Gasteiger partial charge in [-0.05, 0) is 56.3 Å². The zero-order chi connectivity index (χ0) is 22.0. The van der Waals surface area contributed by atoms with Crippen LogP contribution < -0.4 is 4.74 Å². The van der Waals surface area contributed by atoms with E-state index in [1.54, 1.807) is 42.5 Å². The zero-order valence-electron chi connectivity index (χ0n) is 17.4. The first kappa shape index (κ1) is 21.1. The Balaban J connectivity index is 1.76. The molecule has 1 amide bonds. The predicted molar refractivity (Wildman–Crippen MR) is 114 cm³/mol. The van der Waals surface area contributed by atoms with E-state index >= 15 is 0 Å². The number of Topliss-reactive ketones (excluding diaryl/α,β-unsaturated/α-hetero) is 1. The highest BCUT2D eigenvalue weighted by Gasteiger charge is 2.46. The number of aliphatic hydroxyl groups excluding tert-OH is 1. The van der Waals surface area contributed by atoms with E-state index in [-0.39, 0.29) is 23.4 Å². The van der Waals surface area contributed by atoms with Crippen molar-refractivity contribution >= 4 is 17.4 Å². The van der Waals surface area contributed by atoms with Crippen molar-refractivity contribution in [3.05, 3.63) is 71.0 Å². The Morgan fingerprint density at radius 1 is 1.06 bits per heavy atom. The van der Waals surface area contributed by atoms with Crippen LogP contribution in [0.25, 0.3) is 5.76 Å². The van der Waals surface area contributed by atoms with E-state index in [2.05, 4.69) is 4.90 Å². The van der Waals surface area contributed by atoms with E-state index in [0.29, 0.717) is 17.9 Å². The van der Waals surface area contributed by atoms with Crippen LogP contribution in [0.5, 0.6) is 5.75 Å². The minimum atomic E-state index is -0.981. The summed E-state index contributed by atoms with van der Waals surface area (Å²) in [6.07, 6.45) is 2.21. The molecule has 0 saturated carbocycles. The second kappa shape index (κ2) is 8.89. The Hall–Kier alpha value is -3.19. The van der Waals surface area contributed by atoms with Gasteiger partial charge in [0.25, 0.3) is 11.7 Å². The van der Waals surface area contributed by atoms with Crippen molar-refractivity contribution in [2.24, 2.45) is 0 Å². The van der Waals surface area contributed by atoms with E-state index in [1.807, 2.05) is 0 Å². The van der Waals surface area contributed by atoms with Crippen molar-refractivity contribution in [1.29, 1.82) is 0 Å². The quantitative estimate of drug-likeness (QED) is 0.438. The zero-order valence-corrected chi connectivity index (χ0v) is 17.4. The molecule has 2 aromatic carbocycles. The normalized spacial score (nSPS) is 21.1. The molecule has 7 heteroatoms. The summed E-state index contributed by atoms with van der Waals surface area (Å²) in [6, 6.07) is 11.6. The van der Waals surface area contributed by atoms with Gasteiger partial charge in [-0.25, -0.2) is 4.39 Å². The van der Waals surface area contributed by atoms with Crippen molar-refractivity contribution in [2.75, 3.05) is 33.3 Å². The van der Waals surface area contributed by atoms with Gasteiger partial charge in [-0.3, -0.25) is 9.59 Å². The monoisotopic (exact) mass is 424 g/mol. The van der Waals surface area contributed by atoms with Gasteiger partial charge in [0, 0.05) is 24.2 Å². The van der Waals surface area contributed by atoms with Crippen LogP contribution in [0.1, 0.15) is 30.0 Å². The number of amides is 1. The van der Waals surface area contributed by atoms with Crippen LogP contribution in [0.3, 0.4) is 0 Å². The van der Waals surface area contributed by atoms with Crippen molar-refractivity contribution in [2.45, 2.75) is 18.9 Å². The van der Waals surface area contributed by atoms with E-state index in [1.165, 1.54) is 18.1 Å². The van der Waals surface area contributed by atoms with Gasteiger partial charge in [0.1, 0.15) is 17.3 Å². The van der Waals surface area contributed by atoms with Crippen LogP contribution in [-0.2, 0) is 9.59 Å². The number of benzene rings is 2. The van der Waals surface area contributed by atoms with Gasteiger partial charge in [0.15, 0.2) is 0 Å². The van der Waals surface area contributed by atoms with Gasteiger partial charge in [-0.1, -0.05) is 18.2 Å². The van der Waals surface area contributed by atoms with Crippen LogP contribution >= 0.6 is 0 Å². The highest BCUT2D eigenvalue weighted by atomic mass is 19.1. The first-order chi connectivity index (χ1) is 15.0. The molecule has 6 nitrogen and oxygen atoms in total. The maximum atomic E-state index is 14.8. The number of ether oxygens (including phenoxy) is 1. The van der Waals surface area contributed by atoms with Crippen molar-refractivity contribution < 1.29 is 23.8 Å². The fourth-order valence-electron chi connectivity index (χ4n) is 4.29. The van der Waals surface area contributed by atoms with E-state index in [4.69, 9.17) is 4.74 Å². The van der Waals surface area contributed by atoms with E-state index < -0.39 is 23.5 Å². The van der Waals surface area contributed by atoms with Crippen molar-refractivity contribution in [3.63, 3.8) is 0 Å². The summed E-state index contributed by atoms with van der Waals surface area (Å²) in [6.45, 7) is 2.77. The van der Waals surface area contributed by atoms with Gasteiger partial charge >= 0.3 is 0 Å². The lowest BCUT2D eigenvalue weighted by molar-refractivity contribution is -0.140. The average Bonchev–Trinajstić information content (AvgIpc) is 3.39. The van der Waals surface area contributed by atoms with Crippen molar-refractivity contribution in [1.82, 2.24) is 9.80 Å². The summed E-state index contributed by atoms with van der Waals surface area (Å²) in [7, 11) is 1.53. The number of ketones is 1. The highest BCUT2D eigenvalue weighted by Crippen LogP contribution is 2.40. The molecule has 1 atom stereocenters. The van der Waals surface area contributed by atoms with Crippen LogP contribution in [0.15, 0.2) is 54.1 Å². The van der Waals surface area contributed by atoms with E-state index in [0.717, 1.165) is 25.9 Å². The van der Waals surface area contributed by atoms with Crippen molar-refractivity contribution in [3.8, 4) is 5.75 Å². The first-order valence-corrected chi connectivity index (χ1v) is 10.4. The van der Waals surface area contributed by atoms with Gasteiger partial charge in [-0.2, -0.15) is 0 Å². The number of carbonyl (C=O) groups excluding carboxylic acids is 2. The largest absolute Gasteiger partial charge is 0.507 e. The molecule has 4 rings (SSSR count). The average molecular weight is 424 g/mol. The number of halogens is 1. The van der Waals surface area contributed by atoms with Crippen LogP contribution in [0.2, 0.25) is 0 Å². The lowest BCUT2D eigenvalue weighted by Crippen LogP contribution is -2.37. The predicted octanol–water partition coefficient (Wildman–Crippen LogP) is 3.35. The molecule has 162 valence electrons. The molecule has 2 saturated heterocycles. The minimum absolute atomic E-state index is 0.0957. The maximum absolute atomic E-state index is 14.8. The molecule has 31 heavy (non-hydrogen) atoms. The molecule has 0 spiro atoms. The third-order valence-electron chi connectivity index (χ3n) is 5.96. The van der Waals surface area contributed by atoms with Crippen LogP contribution in [-0.4, -0.2) is 59.9 Å². The summed E-state index contributed by atoms with van der Waals surface area (Å²) >= 11 is 0. The SMILES string of the molecule is COc1ccc(/C(O)=C2\C(=O)C(=O)N(CCN3CCCC3)C2c2ccccc2F)cc1. The standard InChI is InChI=1S/C24H25FN2O4/c1-31-17-10-8-16(9-11-17)22(28)20-21(18-6-2-3-7-19(18)25)27(24(30)23(20)29)15-14-26-12-4-5-13-26/h2-3,6-11,21,28H,4-5,12-15H2,1H3/b22-20+. The Morgan fingerprint density at radius 2 is 1.74 bits per heavy atom. The molecule has 0 bridgehead atoms. The molecule has 1 unspecified atom stereocenters. The first-order valence-electron chi connectivity index (χ1n) is 10.4. The number of aliphatic hydroxyl groups is 1. The molecule has 0 aromatic heterocycles. The number of nitrogens with zero attached hydrogens (tertiary/aromatic N) is 2. The van der Waals surface area contributed by atoms with Gasteiger partial charge in [0.2, 0.25) is 0 Å². The summed E-state index contributed by atoms with van der Waals surface area (Å²) in [5.74, 6) is -1.78. The molecular formula is C24H25FN2O4. The number of hydrogen-bond donors (Lipinski definition) is 1. The third-order valence-corrected chi connectivity index (χ3v) is 5.96. The summed E-state index contributed by atoms with van der Waals surface area (Å²) < 4.78 is 19.9. The molecule has 2 aliphatic heterocycles. The smallest absolute Gasteiger partial charge is 0.295 e. The number of carbonyl (C=O) groups is 2. The number of likely N-dealkylation sites (tertiary alicyclic amines) is 2. The molecule has 0 radical (unpaired) electrons. The minimum Gasteiger partial charge on any atom is -0.507 e. The topological polar surface area (TPSA) is 70.1 Å². The second-order valence-electron chi connectivity index (χ2n) is 7.79. The summed E-state index contributed by atoms with van der Waals surface area (Å²) in [4.78, 5) is 29.5. The molecule has 0 aliphatic carbocycles.